The van der Waals surface area contributed by atoms with Crippen LogP contribution in [0.1, 0.15) is 33.1 Å². The van der Waals surface area contributed by atoms with E-state index < -0.39 is 5.54 Å². The van der Waals surface area contributed by atoms with Crippen molar-refractivity contribution in [2.75, 3.05) is 18.0 Å². The normalized spacial score (nSPS) is 20.2. The molecule has 7 heteroatoms. The van der Waals surface area contributed by atoms with Gasteiger partial charge in [0, 0.05) is 25.3 Å². The lowest BCUT2D eigenvalue weighted by molar-refractivity contribution is -0.126. The number of nitrogens with zero attached hydrogens (tertiary/aromatic N) is 2. The molecule has 2 rings (SSSR count). The average molecular weight is 347 g/mol. The maximum atomic E-state index is 12.2. The first kappa shape index (κ1) is 19.0. The molecule has 124 valence electrons. The number of hydrogen-bond donors (Lipinski definition) is 2. The number of halogens is 2. The van der Waals surface area contributed by atoms with Gasteiger partial charge in [-0.2, -0.15) is 0 Å². The van der Waals surface area contributed by atoms with Crippen molar-refractivity contribution in [2.24, 2.45) is 5.73 Å². The Kier molecular flexibility index (Phi) is 6.91. The van der Waals surface area contributed by atoms with Gasteiger partial charge in [0.15, 0.2) is 0 Å². The molecule has 1 aromatic rings. The van der Waals surface area contributed by atoms with Crippen LogP contribution in [0.3, 0.4) is 0 Å². The Hall–Kier alpha value is -1.04. The molecule has 1 aliphatic heterocycles. The monoisotopic (exact) mass is 346 g/mol. The third-order valence-corrected chi connectivity index (χ3v) is 4.15. The maximum absolute atomic E-state index is 12.2. The van der Waals surface area contributed by atoms with E-state index in [9.17, 15) is 4.79 Å². The highest BCUT2D eigenvalue weighted by molar-refractivity contribution is 6.32. The van der Waals surface area contributed by atoms with Crippen molar-refractivity contribution in [1.29, 1.82) is 0 Å². The lowest BCUT2D eigenvalue weighted by Gasteiger charge is -2.25. The predicted molar refractivity (Wildman–Crippen MR) is 92.8 cm³/mol. The van der Waals surface area contributed by atoms with Crippen LogP contribution in [0, 0.1) is 0 Å². The zero-order valence-electron chi connectivity index (χ0n) is 13.0. The van der Waals surface area contributed by atoms with Crippen LogP contribution >= 0.6 is 24.0 Å². The van der Waals surface area contributed by atoms with Crippen LogP contribution < -0.4 is 16.0 Å². The Morgan fingerprint density at radius 2 is 2.36 bits per heavy atom. The van der Waals surface area contributed by atoms with Crippen LogP contribution in [0.4, 0.5) is 5.82 Å². The van der Waals surface area contributed by atoms with Gasteiger partial charge in [0.25, 0.3) is 0 Å². The minimum atomic E-state index is -0.801. The van der Waals surface area contributed by atoms with E-state index in [-0.39, 0.29) is 24.4 Å². The lowest BCUT2D eigenvalue weighted by Crippen LogP contribution is -2.54. The molecule has 3 N–H and O–H groups in total. The number of carbonyl (C=O) groups is 1. The Morgan fingerprint density at radius 1 is 1.64 bits per heavy atom. The van der Waals surface area contributed by atoms with Gasteiger partial charge in [-0.15, -0.1) is 12.4 Å². The Labute approximate surface area is 143 Å². The molecule has 0 aromatic carbocycles. The minimum Gasteiger partial charge on any atom is -0.353 e. The molecule has 0 spiro atoms. The van der Waals surface area contributed by atoms with Crippen molar-refractivity contribution in [2.45, 2.75) is 44.7 Å². The number of carbonyl (C=O) groups excluding carboxylic acids is 1. The fourth-order valence-corrected chi connectivity index (χ4v) is 2.90. The van der Waals surface area contributed by atoms with Gasteiger partial charge in [-0.1, -0.05) is 24.9 Å². The van der Waals surface area contributed by atoms with Gasteiger partial charge < -0.3 is 16.0 Å². The van der Waals surface area contributed by atoms with Gasteiger partial charge in [-0.3, -0.25) is 4.79 Å². The van der Waals surface area contributed by atoms with Crippen molar-refractivity contribution in [1.82, 2.24) is 10.3 Å². The predicted octanol–water partition coefficient (Wildman–Crippen LogP) is 2.37. The number of amides is 1. The van der Waals surface area contributed by atoms with E-state index in [1.165, 1.54) is 0 Å². The minimum absolute atomic E-state index is 0. The van der Waals surface area contributed by atoms with Crippen LogP contribution in [-0.2, 0) is 4.79 Å². The first-order valence-electron chi connectivity index (χ1n) is 7.39. The molecule has 1 aliphatic rings. The molecule has 0 aliphatic carbocycles. The van der Waals surface area contributed by atoms with E-state index in [2.05, 4.69) is 15.2 Å². The topological polar surface area (TPSA) is 71.2 Å². The molecule has 2 unspecified atom stereocenters. The fourth-order valence-electron chi connectivity index (χ4n) is 2.66. The second kappa shape index (κ2) is 7.99. The maximum Gasteiger partial charge on any atom is 0.240 e. The molecule has 0 bridgehead atoms. The zero-order chi connectivity index (χ0) is 15.5. The lowest BCUT2D eigenvalue weighted by atomic mass is 9.96. The summed E-state index contributed by atoms with van der Waals surface area (Å²) < 4.78 is 0. The summed E-state index contributed by atoms with van der Waals surface area (Å²) in [6.07, 6.45) is 4.17. The number of aromatic nitrogens is 1. The summed E-state index contributed by atoms with van der Waals surface area (Å²) >= 11 is 6.16. The van der Waals surface area contributed by atoms with Crippen LogP contribution in [0.25, 0.3) is 0 Å². The molecule has 1 amide bonds. The van der Waals surface area contributed by atoms with E-state index in [4.69, 9.17) is 17.3 Å². The highest BCUT2D eigenvalue weighted by Gasteiger charge is 2.32. The van der Waals surface area contributed by atoms with Crippen LogP contribution in [0.2, 0.25) is 5.02 Å². The Morgan fingerprint density at radius 3 is 3.00 bits per heavy atom. The standard InChI is InChI=1S/C15H23ClN4O.ClH/c1-3-7-15(2,17)14(21)19-11-6-9-20(10-11)13-12(16)5-4-8-18-13;/h4-5,8,11H,3,6-7,9-10,17H2,1-2H3,(H,19,21);1H. The molecule has 1 aromatic heterocycles. The van der Waals surface area contributed by atoms with Crippen molar-refractivity contribution in [3.8, 4) is 0 Å². The summed E-state index contributed by atoms with van der Waals surface area (Å²) in [4.78, 5) is 18.6. The van der Waals surface area contributed by atoms with Crippen LogP contribution in [0.15, 0.2) is 18.3 Å². The first-order valence-corrected chi connectivity index (χ1v) is 7.77. The molecule has 0 saturated carbocycles. The highest BCUT2D eigenvalue weighted by Crippen LogP contribution is 2.26. The number of rotatable bonds is 5. The van der Waals surface area contributed by atoms with Crippen molar-refractivity contribution >= 4 is 35.7 Å². The largest absolute Gasteiger partial charge is 0.353 e. The number of nitrogens with two attached hydrogens (primary N) is 1. The number of anilines is 1. The second-order valence-electron chi connectivity index (χ2n) is 5.88. The molecule has 22 heavy (non-hydrogen) atoms. The van der Waals surface area contributed by atoms with E-state index in [0.717, 1.165) is 25.2 Å². The molecule has 1 saturated heterocycles. The van der Waals surface area contributed by atoms with Crippen molar-refractivity contribution in [3.63, 3.8) is 0 Å². The molecule has 2 heterocycles. The van der Waals surface area contributed by atoms with E-state index in [0.29, 0.717) is 18.0 Å². The van der Waals surface area contributed by atoms with E-state index in [1.807, 2.05) is 19.1 Å². The molecule has 0 radical (unpaired) electrons. The smallest absolute Gasteiger partial charge is 0.240 e. The van der Waals surface area contributed by atoms with Gasteiger partial charge in [-0.05, 0) is 31.9 Å². The third-order valence-electron chi connectivity index (χ3n) is 3.85. The molecule has 1 fully saturated rings. The van der Waals surface area contributed by atoms with Gasteiger partial charge in [-0.25, -0.2) is 4.98 Å². The van der Waals surface area contributed by atoms with Gasteiger partial charge in [0.2, 0.25) is 5.91 Å². The molecule has 2 atom stereocenters. The number of nitrogens with one attached hydrogen (secondary N) is 1. The number of pyridine rings is 1. The summed E-state index contributed by atoms with van der Waals surface area (Å²) in [7, 11) is 0. The van der Waals surface area contributed by atoms with Gasteiger partial charge >= 0.3 is 0 Å². The Bertz CT molecular complexity index is 510. The summed E-state index contributed by atoms with van der Waals surface area (Å²) in [6, 6.07) is 3.73. The SMILES string of the molecule is CCCC(C)(N)C(=O)NC1CCN(c2ncccc2Cl)C1.Cl. The highest BCUT2D eigenvalue weighted by atomic mass is 35.5. The number of hydrogen-bond acceptors (Lipinski definition) is 4. The van der Waals surface area contributed by atoms with Crippen LogP contribution in [0.5, 0.6) is 0 Å². The van der Waals surface area contributed by atoms with Gasteiger partial charge in [0.1, 0.15) is 5.82 Å². The van der Waals surface area contributed by atoms with Crippen molar-refractivity contribution in [3.05, 3.63) is 23.4 Å². The summed E-state index contributed by atoms with van der Waals surface area (Å²) in [5.41, 5.74) is 5.26. The molecule has 5 nitrogen and oxygen atoms in total. The summed E-state index contributed by atoms with van der Waals surface area (Å²) in [5.74, 6) is 0.698. The van der Waals surface area contributed by atoms with Crippen LogP contribution in [-0.4, -0.2) is 35.6 Å². The Balaban J connectivity index is 0.00000242. The molecular weight excluding hydrogens is 323 g/mol. The van der Waals surface area contributed by atoms with Crippen molar-refractivity contribution < 1.29 is 4.79 Å². The third kappa shape index (κ3) is 4.48. The fraction of sp³-hybridized carbons (Fsp3) is 0.600. The molecular formula is C15H24Cl2N4O. The summed E-state index contributed by atoms with van der Waals surface area (Å²) in [6.45, 7) is 5.36. The first-order chi connectivity index (χ1) is 9.94. The quantitative estimate of drug-likeness (QED) is 0.858. The second-order valence-corrected chi connectivity index (χ2v) is 6.29. The van der Waals surface area contributed by atoms with E-state index in [1.54, 1.807) is 13.1 Å². The van der Waals surface area contributed by atoms with Gasteiger partial charge in [0.05, 0.1) is 10.6 Å². The van der Waals surface area contributed by atoms with E-state index >= 15 is 0 Å². The average Bonchev–Trinajstić information content (AvgIpc) is 2.87. The summed E-state index contributed by atoms with van der Waals surface area (Å²) in [5, 5.41) is 3.68. The zero-order valence-corrected chi connectivity index (χ0v) is 14.6.